The molecule has 1 saturated heterocycles. The molecule has 45 heavy (non-hydrogen) atoms. The van der Waals surface area contributed by atoms with Crippen LogP contribution in [-0.4, -0.2) is 58.4 Å². The van der Waals surface area contributed by atoms with Crippen molar-refractivity contribution in [1.82, 2.24) is 0 Å². The van der Waals surface area contributed by atoms with Gasteiger partial charge in [0, 0.05) is 12.6 Å². The lowest BCUT2D eigenvalue weighted by Gasteiger charge is -2.48. The summed E-state index contributed by atoms with van der Waals surface area (Å²) in [5.41, 5.74) is 1.98. The second-order valence-corrected chi connectivity index (χ2v) is 14.2. The van der Waals surface area contributed by atoms with Crippen LogP contribution in [0.2, 0.25) is 0 Å². The number of rotatable bonds is 9. The second-order valence-electron chi connectivity index (χ2n) is 12.3. The van der Waals surface area contributed by atoms with Crippen molar-refractivity contribution in [2.24, 2.45) is 0 Å². The highest BCUT2D eigenvalue weighted by Crippen LogP contribution is 2.44. The number of hydrogen-bond donors (Lipinski definition) is 0. The van der Waals surface area contributed by atoms with Gasteiger partial charge in [0.2, 0.25) is 0 Å². The number of piperidine rings is 1. The number of benzene rings is 3. The van der Waals surface area contributed by atoms with Crippen molar-refractivity contribution in [1.29, 1.82) is 0 Å². The van der Waals surface area contributed by atoms with Gasteiger partial charge in [0.15, 0.2) is 0 Å². The lowest BCUT2D eigenvalue weighted by atomic mass is 9.94. The Morgan fingerprint density at radius 2 is 1.80 bits per heavy atom. The van der Waals surface area contributed by atoms with Crippen molar-refractivity contribution >= 4 is 27.4 Å². The third-order valence-electron chi connectivity index (χ3n) is 7.68. The quantitative estimate of drug-likeness (QED) is 0.239. The Balaban J connectivity index is 1.46. The van der Waals surface area contributed by atoms with E-state index < -0.39 is 28.1 Å². The van der Waals surface area contributed by atoms with Crippen LogP contribution in [0.15, 0.2) is 65.6 Å². The number of fused-ring (bicyclic) bond motifs is 3. The van der Waals surface area contributed by atoms with Crippen molar-refractivity contribution in [3.05, 3.63) is 72.0 Å². The van der Waals surface area contributed by atoms with Crippen molar-refractivity contribution < 1.29 is 40.6 Å². The van der Waals surface area contributed by atoms with E-state index in [1.54, 1.807) is 57.2 Å². The van der Waals surface area contributed by atoms with Crippen LogP contribution in [0.3, 0.4) is 0 Å². The van der Waals surface area contributed by atoms with Crippen LogP contribution < -0.4 is 13.9 Å². The topological polar surface area (TPSA) is 85.4 Å². The van der Waals surface area contributed by atoms with E-state index in [0.717, 1.165) is 11.6 Å². The molecule has 2 atom stereocenters. The number of carbonyl (C=O) groups is 1. The van der Waals surface area contributed by atoms with Gasteiger partial charge in [0.1, 0.15) is 17.2 Å². The van der Waals surface area contributed by atoms with Crippen LogP contribution in [-0.2, 0) is 24.3 Å². The third kappa shape index (κ3) is 7.73. The van der Waals surface area contributed by atoms with Crippen molar-refractivity contribution in [2.45, 2.75) is 76.2 Å². The molecule has 0 spiro atoms. The molecule has 1 unspecified atom stereocenters. The lowest BCUT2D eigenvalue weighted by molar-refractivity contribution is -0.156. The molecule has 2 aliphatic heterocycles. The van der Waals surface area contributed by atoms with Gasteiger partial charge in [0.25, 0.3) is 10.0 Å². The maximum absolute atomic E-state index is 14.4. The molecule has 0 radical (unpaired) electrons. The fraction of sp³-hybridized carbons (Fsp3) is 0.424. The maximum atomic E-state index is 14.4. The average Bonchev–Trinajstić information content (AvgIpc) is 2.94. The molecular formula is C33H37F3N2O6S. The highest BCUT2D eigenvalue weighted by molar-refractivity contribution is 7.92. The van der Waals surface area contributed by atoms with E-state index in [9.17, 15) is 26.4 Å². The molecule has 0 amide bonds. The number of alkyl halides is 2. The monoisotopic (exact) mass is 646 g/mol. The van der Waals surface area contributed by atoms with Crippen LogP contribution >= 0.6 is 0 Å². The number of esters is 1. The second kappa shape index (κ2) is 12.9. The fourth-order valence-electron chi connectivity index (χ4n) is 5.82. The van der Waals surface area contributed by atoms with Gasteiger partial charge in [-0.25, -0.2) is 12.8 Å². The Morgan fingerprint density at radius 1 is 1.02 bits per heavy atom. The number of hydrogen-bond acceptors (Lipinski definition) is 7. The summed E-state index contributed by atoms with van der Waals surface area (Å²) < 4.78 is 85.7. The third-order valence-corrected chi connectivity index (χ3v) is 9.46. The Bertz CT molecular complexity index is 1660. The fourth-order valence-corrected chi connectivity index (χ4v) is 7.44. The van der Waals surface area contributed by atoms with E-state index in [1.807, 2.05) is 13.0 Å². The molecule has 0 saturated carbocycles. The summed E-state index contributed by atoms with van der Waals surface area (Å²) in [6.45, 7) is 5.01. The molecule has 8 nitrogen and oxygen atoms in total. The van der Waals surface area contributed by atoms with E-state index in [-0.39, 0.29) is 53.9 Å². The number of halogens is 3. The van der Waals surface area contributed by atoms with Crippen LogP contribution in [0, 0.1) is 12.7 Å². The van der Waals surface area contributed by atoms with Gasteiger partial charge >= 0.3 is 12.6 Å². The summed E-state index contributed by atoms with van der Waals surface area (Å²) in [5.74, 6) is -1.45. The van der Waals surface area contributed by atoms with Gasteiger partial charge in [-0.05, 0) is 93.6 Å². The first kappa shape index (κ1) is 32.6. The molecule has 0 aliphatic carbocycles. The summed E-state index contributed by atoms with van der Waals surface area (Å²) >= 11 is 0. The average molecular weight is 647 g/mol. The zero-order valence-corrected chi connectivity index (χ0v) is 26.5. The summed E-state index contributed by atoms with van der Waals surface area (Å²) in [7, 11) is -4.04. The van der Waals surface area contributed by atoms with Gasteiger partial charge < -0.3 is 19.1 Å². The molecule has 2 heterocycles. The summed E-state index contributed by atoms with van der Waals surface area (Å²) in [5, 5.41) is 0. The van der Waals surface area contributed by atoms with Crippen LogP contribution in [0.4, 0.5) is 24.5 Å². The Kier molecular flexibility index (Phi) is 9.36. The zero-order valence-electron chi connectivity index (χ0n) is 25.6. The van der Waals surface area contributed by atoms with Crippen LogP contribution in [0.5, 0.6) is 5.75 Å². The molecule has 1 fully saturated rings. The molecule has 242 valence electrons. The first-order valence-corrected chi connectivity index (χ1v) is 16.2. The van der Waals surface area contributed by atoms with Gasteiger partial charge in [0.05, 0.1) is 48.0 Å². The Morgan fingerprint density at radius 3 is 2.51 bits per heavy atom. The van der Waals surface area contributed by atoms with E-state index in [4.69, 9.17) is 9.47 Å². The Labute approximate surface area is 261 Å². The maximum Gasteiger partial charge on any atom is 0.387 e. The number of anilines is 2. The standard InChI is InChI=1S/C33H37F3N2O6S/c1-21-6-5-7-28(14-21)45(40,41)38-20-25-19-26(42-13-11-31(39)44-33(2,3)4)10-12-37(25)29-9-8-22(17-30(29)38)23-15-24(34)18-27(16-23)43-32(35)36/h5-9,14-18,25-26,32H,10-13,19-20H2,1-4H3/t25-,26?/m0/s1. The predicted octanol–water partition coefficient (Wildman–Crippen LogP) is 6.70. The molecule has 0 bridgehead atoms. The summed E-state index contributed by atoms with van der Waals surface area (Å²) in [6, 6.07) is 14.9. The first-order chi connectivity index (χ1) is 21.2. The molecule has 5 rings (SSSR count). The van der Waals surface area contributed by atoms with E-state index in [2.05, 4.69) is 9.64 Å². The summed E-state index contributed by atoms with van der Waals surface area (Å²) in [4.78, 5) is 14.4. The number of nitrogens with zero attached hydrogens (tertiary/aromatic N) is 2. The summed E-state index contributed by atoms with van der Waals surface area (Å²) in [6.07, 6.45) is 1.13. The predicted molar refractivity (Wildman–Crippen MR) is 165 cm³/mol. The van der Waals surface area contributed by atoms with Crippen LogP contribution in [0.1, 0.15) is 45.6 Å². The molecule has 3 aromatic carbocycles. The molecule has 2 aliphatic rings. The van der Waals surface area contributed by atoms with Crippen molar-refractivity contribution in [3.8, 4) is 16.9 Å². The largest absolute Gasteiger partial charge is 0.460 e. The highest BCUT2D eigenvalue weighted by atomic mass is 32.2. The smallest absolute Gasteiger partial charge is 0.387 e. The SMILES string of the molecule is Cc1cccc(S(=O)(=O)N2C[C@@H]3CC(OCCC(=O)OC(C)(C)C)CCN3c3ccc(-c4cc(F)cc(OC(F)F)c4)cc32)c1. The van der Waals surface area contributed by atoms with Gasteiger partial charge in [-0.15, -0.1) is 0 Å². The first-order valence-electron chi connectivity index (χ1n) is 14.8. The van der Waals surface area contributed by atoms with Gasteiger partial charge in [-0.2, -0.15) is 8.78 Å². The van der Waals surface area contributed by atoms with Crippen molar-refractivity contribution in [2.75, 3.05) is 28.9 Å². The molecule has 12 heteroatoms. The van der Waals surface area contributed by atoms with Crippen LogP contribution in [0.25, 0.3) is 11.1 Å². The molecular weight excluding hydrogens is 609 g/mol. The zero-order chi connectivity index (χ0) is 32.5. The number of sulfonamides is 1. The van der Waals surface area contributed by atoms with Crippen molar-refractivity contribution in [3.63, 3.8) is 0 Å². The minimum absolute atomic E-state index is 0.117. The minimum atomic E-state index is -4.04. The molecule has 0 N–H and O–H groups in total. The lowest BCUT2D eigenvalue weighted by Crippen LogP contribution is -2.55. The number of aryl methyl sites for hydroxylation is 1. The van der Waals surface area contributed by atoms with E-state index >= 15 is 0 Å². The normalized spacial score (nSPS) is 18.4. The minimum Gasteiger partial charge on any atom is -0.460 e. The molecule has 0 aromatic heterocycles. The number of carbonyl (C=O) groups excluding carboxylic acids is 1. The number of ether oxygens (including phenoxy) is 3. The van der Waals surface area contributed by atoms with E-state index in [0.29, 0.717) is 36.3 Å². The van der Waals surface area contributed by atoms with Gasteiger partial charge in [-0.3, -0.25) is 9.10 Å². The Hall–Kier alpha value is -3.77. The highest BCUT2D eigenvalue weighted by Gasteiger charge is 2.41. The molecule has 3 aromatic rings. The van der Waals surface area contributed by atoms with E-state index in [1.165, 1.54) is 16.4 Å². The van der Waals surface area contributed by atoms with Gasteiger partial charge in [-0.1, -0.05) is 18.2 Å².